The second-order valence-corrected chi connectivity index (χ2v) is 5.64. The zero-order valence-corrected chi connectivity index (χ0v) is 11.8. The van der Waals surface area contributed by atoms with Crippen molar-refractivity contribution in [2.45, 2.75) is 11.3 Å². The molecule has 0 aromatic heterocycles. The lowest BCUT2D eigenvalue weighted by molar-refractivity contribution is -0.125. The first-order chi connectivity index (χ1) is 7.50. The van der Waals surface area contributed by atoms with Crippen molar-refractivity contribution in [3.05, 3.63) is 32.7 Å². The van der Waals surface area contributed by atoms with Gasteiger partial charge in [0.1, 0.15) is 5.38 Å². The van der Waals surface area contributed by atoms with Crippen LogP contribution in [-0.4, -0.2) is 17.2 Å². The minimum Gasteiger partial charge on any atom is -0.295 e. The van der Waals surface area contributed by atoms with Gasteiger partial charge in [-0.25, -0.2) is 0 Å². The SMILES string of the molecule is O=C1NC(=O)C(c2cc(Br)ccc2Br)C1Cl. The number of alkyl halides is 1. The molecule has 1 fully saturated rings. The zero-order valence-electron chi connectivity index (χ0n) is 7.84. The molecule has 1 heterocycles. The van der Waals surface area contributed by atoms with Crippen LogP contribution in [0.3, 0.4) is 0 Å². The van der Waals surface area contributed by atoms with Crippen LogP contribution in [0.4, 0.5) is 0 Å². The van der Waals surface area contributed by atoms with Crippen LogP contribution in [0.15, 0.2) is 27.1 Å². The number of hydrogen-bond acceptors (Lipinski definition) is 2. The predicted octanol–water partition coefficient (Wildman–Crippen LogP) is 2.56. The molecular formula is C10H6Br2ClNO2. The molecule has 0 saturated carbocycles. The van der Waals surface area contributed by atoms with Gasteiger partial charge in [-0.05, 0) is 23.8 Å². The van der Waals surface area contributed by atoms with Crippen molar-refractivity contribution in [2.75, 3.05) is 0 Å². The molecule has 1 aliphatic heterocycles. The van der Waals surface area contributed by atoms with E-state index in [0.717, 1.165) is 8.95 Å². The van der Waals surface area contributed by atoms with Gasteiger partial charge >= 0.3 is 0 Å². The van der Waals surface area contributed by atoms with Gasteiger partial charge in [0.05, 0.1) is 5.92 Å². The highest BCUT2D eigenvalue weighted by Crippen LogP contribution is 2.35. The average molecular weight is 367 g/mol. The summed E-state index contributed by atoms with van der Waals surface area (Å²) >= 11 is 12.6. The molecule has 1 aromatic rings. The van der Waals surface area contributed by atoms with Crippen molar-refractivity contribution >= 4 is 55.3 Å². The van der Waals surface area contributed by atoms with Crippen molar-refractivity contribution in [3.63, 3.8) is 0 Å². The fourth-order valence-electron chi connectivity index (χ4n) is 1.60. The number of imide groups is 1. The molecule has 1 aromatic carbocycles. The van der Waals surface area contributed by atoms with E-state index >= 15 is 0 Å². The molecule has 0 aliphatic carbocycles. The lowest BCUT2D eigenvalue weighted by atomic mass is 9.97. The summed E-state index contributed by atoms with van der Waals surface area (Å²) in [5.74, 6) is -1.44. The predicted molar refractivity (Wildman–Crippen MR) is 67.4 cm³/mol. The Labute approximate surface area is 114 Å². The summed E-state index contributed by atoms with van der Waals surface area (Å²) in [6, 6.07) is 5.42. The minimum absolute atomic E-state index is 0.358. The van der Waals surface area contributed by atoms with E-state index < -0.39 is 17.2 Å². The average Bonchev–Trinajstić information content (AvgIpc) is 2.46. The highest BCUT2D eigenvalue weighted by molar-refractivity contribution is 9.11. The molecule has 84 valence electrons. The van der Waals surface area contributed by atoms with Crippen molar-refractivity contribution in [1.29, 1.82) is 0 Å². The lowest BCUT2D eigenvalue weighted by Gasteiger charge is -2.12. The van der Waals surface area contributed by atoms with Gasteiger partial charge in [0.2, 0.25) is 11.8 Å². The number of carbonyl (C=O) groups is 2. The maximum absolute atomic E-state index is 11.6. The standard InChI is InChI=1S/C10H6Br2ClNO2/c11-4-1-2-6(12)5(3-4)7-8(13)10(16)14-9(7)15/h1-3,7-8H,(H,14,15,16). The van der Waals surface area contributed by atoms with Crippen molar-refractivity contribution in [2.24, 2.45) is 0 Å². The summed E-state index contributed by atoms with van der Waals surface area (Å²) in [5, 5.41) is 1.37. The Bertz CT molecular complexity index is 478. The lowest BCUT2D eigenvalue weighted by Crippen LogP contribution is -2.22. The van der Waals surface area contributed by atoms with Crippen LogP contribution in [-0.2, 0) is 9.59 Å². The second-order valence-electron chi connectivity index (χ2n) is 3.40. The summed E-state index contributed by atoms with van der Waals surface area (Å²) < 4.78 is 1.60. The van der Waals surface area contributed by atoms with Crippen LogP contribution in [0.2, 0.25) is 0 Å². The fourth-order valence-corrected chi connectivity index (χ4v) is 2.78. The molecular weight excluding hydrogens is 361 g/mol. The number of benzene rings is 1. The van der Waals surface area contributed by atoms with E-state index in [2.05, 4.69) is 37.2 Å². The van der Waals surface area contributed by atoms with Gasteiger partial charge in [0.25, 0.3) is 0 Å². The smallest absolute Gasteiger partial charge is 0.245 e. The van der Waals surface area contributed by atoms with Gasteiger partial charge in [0, 0.05) is 8.95 Å². The number of halogens is 3. The molecule has 0 bridgehead atoms. The molecule has 2 rings (SSSR count). The third-order valence-corrected chi connectivity index (χ3v) is 4.03. The Morgan fingerprint density at radius 3 is 2.44 bits per heavy atom. The summed E-state index contributed by atoms with van der Waals surface area (Å²) in [6.07, 6.45) is 0. The van der Waals surface area contributed by atoms with E-state index in [1.54, 1.807) is 12.1 Å². The van der Waals surface area contributed by atoms with Gasteiger partial charge in [-0.1, -0.05) is 31.9 Å². The quantitative estimate of drug-likeness (QED) is 0.613. The first-order valence-electron chi connectivity index (χ1n) is 4.44. The normalized spacial score (nSPS) is 24.7. The van der Waals surface area contributed by atoms with E-state index in [4.69, 9.17) is 11.6 Å². The van der Waals surface area contributed by atoms with Crippen LogP contribution in [0, 0.1) is 0 Å². The summed E-state index contributed by atoms with van der Waals surface area (Å²) in [7, 11) is 0. The van der Waals surface area contributed by atoms with E-state index in [9.17, 15) is 9.59 Å². The number of amides is 2. The number of nitrogens with one attached hydrogen (secondary N) is 1. The number of carbonyl (C=O) groups excluding carboxylic acids is 2. The fraction of sp³-hybridized carbons (Fsp3) is 0.200. The summed E-state index contributed by atoms with van der Waals surface area (Å²) in [4.78, 5) is 22.9. The maximum atomic E-state index is 11.6. The van der Waals surface area contributed by atoms with Gasteiger partial charge in [-0.3, -0.25) is 14.9 Å². The van der Waals surface area contributed by atoms with Gasteiger partial charge < -0.3 is 0 Å². The molecule has 2 amide bonds. The third-order valence-electron chi connectivity index (χ3n) is 2.37. The molecule has 2 unspecified atom stereocenters. The second kappa shape index (κ2) is 4.47. The van der Waals surface area contributed by atoms with Crippen molar-refractivity contribution in [3.8, 4) is 0 Å². The largest absolute Gasteiger partial charge is 0.295 e. The Morgan fingerprint density at radius 2 is 1.88 bits per heavy atom. The third kappa shape index (κ3) is 2.04. The summed E-state index contributed by atoms with van der Waals surface area (Å²) in [5.41, 5.74) is 0.706. The van der Waals surface area contributed by atoms with Crippen LogP contribution in [0.25, 0.3) is 0 Å². The van der Waals surface area contributed by atoms with Gasteiger partial charge in [-0.2, -0.15) is 0 Å². The molecule has 1 N–H and O–H groups in total. The minimum atomic E-state index is -0.849. The molecule has 0 spiro atoms. The molecule has 3 nitrogen and oxygen atoms in total. The van der Waals surface area contributed by atoms with Crippen LogP contribution >= 0.6 is 43.5 Å². The molecule has 0 radical (unpaired) electrons. The highest BCUT2D eigenvalue weighted by Gasteiger charge is 2.42. The first-order valence-corrected chi connectivity index (χ1v) is 6.46. The zero-order chi connectivity index (χ0) is 11.9. The number of rotatable bonds is 1. The van der Waals surface area contributed by atoms with E-state index in [-0.39, 0.29) is 5.91 Å². The van der Waals surface area contributed by atoms with Crippen LogP contribution in [0.5, 0.6) is 0 Å². The Balaban J connectivity index is 2.48. The highest BCUT2D eigenvalue weighted by atomic mass is 79.9. The molecule has 16 heavy (non-hydrogen) atoms. The number of hydrogen-bond donors (Lipinski definition) is 1. The topological polar surface area (TPSA) is 46.2 Å². The molecule has 1 saturated heterocycles. The van der Waals surface area contributed by atoms with Crippen molar-refractivity contribution < 1.29 is 9.59 Å². The Morgan fingerprint density at radius 1 is 1.19 bits per heavy atom. The molecule has 2 atom stereocenters. The summed E-state index contributed by atoms with van der Waals surface area (Å²) in [6.45, 7) is 0. The van der Waals surface area contributed by atoms with E-state index in [1.807, 2.05) is 6.07 Å². The van der Waals surface area contributed by atoms with E-state index in [0.29, 0.717) is 5.56 Å². The van der Waals surface area contributed by atoms with Crippen molar-refractivity contribution in [1.82, 2.24) is 5.32 Å². The van der Waals surface area contributed by atoms with Gasteiger partial charge in [0.15, 0.2) is 0 Å². The van der Waals surface area contributed by atoms with Gasteiger partial charge in [-0.15, -0.1) is 11.6 Å². The van der Waals surface area contributed by atoms with E-state index in [1.165, 1.54) is 0 Å². The Kier molecular flexibility index (Phi) is 3.37. The maximum Gasteiger partial charge on any atom is 0.245 e. The molecule has 1 aliphatic rings. The Hall–Kier alpha value is -0.390. The first kappa shape index (κ1) is 12.1. The van der Waals surface area contributed by atoms with Crippen LogP contribution < -0.4 is 5.32 Å². The monoisotopic (exact) mass is 365 g/mol. The molecule has 6 heteroatoms. The van der Waals surface area contributed by atoms with Crippen LogP contribution in [0.1, 0.15) is 11.5 Å².